The minimum absolute atomic E-state index is 0.167. The van der Waals surface area contributed by atoms with Crippen LogP contribution in [0.5, 0.6) is 23.0 Å². The number of hydrogen-bond acceptors (Lipinski definition) is 8. The Kier molecular flexibility index (Phi) is 15.5. The number of hydrogen-bond donors (Lipinski definition) is 4. The molecule has 0 fully saturated rings. The fraction of sp³-hybridized carbons (Fsp3) is 0.397. The third kappa shape index (κ3) is 12.7. The highest BCUT2D eigenvalue weighted by Crippen LogP contribution is 2.44. The molecule has 1 aliphatic carbocycles. The average molecular weight is 1020 g/mol. The SMILES string of the molecule is CC(C)(C)c1cc2c(O)c(c1)Cc1cc(C(C)(C)C)cc3c1OCC(=O)Nc1ccccc1SCCCSc1ccccc1NC(=O)COc1c(cc(C(C)(C)C)cc1Cc1cc(C(C)(C)C)cc(c1O)C3)C2. The van der Waals surface area contributed by atoms with Crippen LogP contribution in [0.25, 0.3) is 0 Å². The lowest BCUT2D eigenvalue weighted by Gasteiger charge is -2.28. The van der Waals surface area contributed by atoms with Crippen molar-refractivity contribution in [3.8, 4) is 23.0 Å². The van der Waals surface area contributed by atoms with Gasteiger partial charge in [-0.1, -0.05) is 156 Å². The van der Waals surface area contributed by atoms with Crippen molar-refractivity contribution in [1.82, 2.24) is 0 Å². The van der Waals surface area contributed by atoms with Crippen molar-refractivity contribution in [3.63, 3.8) is 0 Å². The number of para-hydroxylation sites is 2. The molecule has 0 saturated carbocycles. The summed E-state index contributed by atoms with van der Waals surface area (Å²) in [5.74, 6) is 2.49. The molecule has 73 heavy (non-hydrogen) atoms. The number of rotatable bonds is 0. The highest BCUT2D eigenvalue weighted by atomic mass is 32.2. The molecule has 6 aromatic rings. The van der Waals surface area contributed by atoms with Gasteiger partial charge in [-0.05, 0) is 131 Å². The molecule has 4 N–H and O–H groups in total. The summed E-state index contributed by atoms with van der Waals surface area (Å²) in [4.78, 5) is 30.3. The predicted octanol–water partition coefficient (Wildman–Crippen LogP) is 14.6. The van der Waals surface area contributed by atoms with E-state index in [0.29, 0.717) is 48.6 Å². The molecule has 8 nitrogen and oxygen atoms in total. The number of anilines is 2. The topological polar surface area (TPSA) is 117 Å². The molecular weight excluding hydrogens is 945 g/mol. The summed E-state index contributed by atoms with van der Waals surface area (Å²) in [5.41, 5.74) is 10.7. The Hall–Kier alpha value is -5.84. The van der Waals surface area contributed by atoms with Gasteiger partial charge in [-0.15, -0.1) is 23.5 Å². The van der Waals surface area contributed by atoms with Crippen LogP contribution in [0.3, 0.4) is 0 Å². The number of nitrogens with one attached hydrogen (secondary N) is 2. The zero-order chi connectivity index (χ0) is 52.6. The van der Waals surface area contributed by atoms with Crippen molar-refractivity contribution in [2.45, 2.75) is 147 Å². The minimum Gasteiger partial charge on any atom is -0.507 e. The average Bonchev–Trinajstić information content (AvgIpc) is 3.29. The van der Waals surface area contributed by atoms with E-state index in [4.69, 9.17) is 9.47 Å². The maximum absolute atomic E-state index is 14.2. The second-order valence-electron chi connectivity index (χ2n) is 24.0. The summed E-state index contributed by atoms with van der Waals surface area (Å²) >= 11 is 3.38. The zero-order valence-corrected chi connectivity index (χ0v) is 46.6. The molecule has 2 aliphatic heterocycles. The molecule has 9 rings (SSSR count). The van der Waals surface area contributed by atoms with E-state index in [0.717, 1.165) is 94.5 Å². The van der Waals surface area contributed by atoms with Gasteiger partial charge in [0.15, 0.2) is 13.2 Å². The maximum atomic E-state index is 14.2. The molecular formula is C63H74N2O6S2. The van der Waals surface area contributed by atoms with Crippen LogP contribution in [0.2, 0.25) is 0 Å². The lowest BCUT2D eigenvalue weighted by molar-refractivity contribution is -0.118. The van der Waals surface area contributed by atoms with E-state index in [1.807, 2.05) is 48.5 Å². The Labute approximate surface area is 442 Å². The van der Waals surface area contributed by atoms with E-state index in [1.165, 1.54) is 0 Å². The Morgan fingerprint density at radius 1 is 0.425 bits per heavy atom. The number of phenolic OH excluding ortho intramolecular Hbond substituents is 2. The number of carbonyl (C=O) groups excluding carboxylic acids is 2. The van der Waals surface area contributed by atoms with Crippen LogP contribution in [0, 0.1) is 0 Å². The molecule has 384 valence electrons. The number of phenols is 2. The highest BCUT2D eigenvalue weighted by Gasteiger charge is 2.29. The molecule has 10 heteroatoms. The quantitative estimate of drug-likeness (QED) is 0.119. The number of aromatic hydroxyl groups is 2. The van der Waals surface area contributed by atoms with Gasteiger partial charge in [0, 0.05) is 35.5 Å². The molecule has 0 saturated heterocycles. The minimum atomic E-state index is -0.295. The summed E-state index contributed by atoms with van der Waals surface area (Å²) in [5, 5.41) is 31.8. The van der Waals surface area contributed by atoms with Gasteiger partial charge in [-0.2, -0.15) is 0 Å². The van der Waals surface area contributed by atoms with E-state index >= 15 is 0 Å². The third-order valence-electron chi connectivity index (χ3n) is 13.8. The molecule has 10 bridgehead atoms. The van der Waals surface area contributed by atoms with E-state index in [9.17, 15) is 19.8 Å². The monoisotopic (exact) mass is 1020 g/mol. The van der Waals surface area contributed by atoms with Crippen molar-refractivity contribution in [2.75, 3.05) is 35.4 Å². The van der Waals surface area contributed by atoms with Crippen LogP contribution in [-0.2, 0) is 56.9 Å². The smallest absolute Gasteiger partial charge is 0.262 e. The predicted molar refractivity (Wildman–Crippen MR) is 302 cm³/mol. The molecule has 0 aromatic heterocycles. The van der Waals surface area contributed by atoms with Crippen LogP contribution in [0.4, 0.5) is 11.4 Å². The Balaban J connectivity index is 1.41. The van der Waals surface area contributed by atoms with Gasteiger partial charge in [0.1, 0.15) is 23.0 Å². The molecule has 0 radical (unpaired) electrons. The molecule has 3 aliphatic rings. The molecule has 0 unspecified atom stereocenters. The first kappa shape index (κ1) is 53.5. The first-order chi connectivity index (χ1) is 34.3. The van der Waals surface area contributed by atoms with E-state index in [-0.39, 0.29) is 58.2 Å². The van der Waals surface area contributed by atoms with Gasteiger partial charge in [0.2, 0.25) is 0 Å². The number of benzene rings is 6. The van der Waals surface area contributed by atoms with Gasteiger partial charge in [-0.25, -0.2) is 0 Å². The van der Waals surface area contributed by atoms with E-state index < -0.39 is 0 Å². The van der Waals surface area contributed by atoms with Gasteiger partial charge in [-0.3, -0.25) is 9.59 Å². The normalized spacial score (nSPS) is 15.4. The van der Waals surface area contributed by atoms with Gasteiger partial charge in [0.25, 0.3) is 11.8 Å². The first-order valence-corrected chi connectivity index (χ1v) is 27.6. The summed E-state index contributed by atoms with van der Waals surface area (Å²) in [7, 11) is 0. The number of carbonyl (C=O) groups is 2. The Bertz CT molecular complexity index is 2760. The first-order valence-electron chi connectivity index (χ1n) is 25.6. The highest BCUT2D eigenvalue weighted by molar-refractivity contribution is 8.00. The summed E-state index contributed by atoms with van der Waals surface area (Å²) < 4.78 is 13.7. The molecule has 6 aromatic carbocycles. The lowest BCUT2D eigenvalue weighted by Crippen LogP contribution is -2.22. The Morgan fingerprint density at radius 2 is 0.699 bits per heavy atom. The van der Waals surface area contributed by atoms with Gasteiger partial charge >= 0.3 is 0 Å². The van der Waals surface area contributed by atoms with Crippen LogP contribution in [0.15, 0.2) is 107 Å². The summed E-state index contributed by atoms with van der Waals surface area (Å²) in [6, 6.07) is 32.7. The van der Waals surface area contributed by atoms with Crippen molar-refractivity contribution in [3.05, 3.63) is 164 Å². The molecule has 2 heterocycles. The van der Waals surface area contributed by atoms with Crippen LogP contribution >= 0.6 is 23.5 Å². The van der Waals surface area contributed by atoms with Gasteiger partial charge < -0.3 is 30.3 Å². The number of fused-ring (bicyclic) bond motifs is 10. The van der Waals surface area contributed by atoms with Crippen LogP contribution < -0.4 is 20.1 Å². The fourth-order valence-electron chi connectivity index (χ4n) is 9.48. The second kappa shape index (κ2) is 21.2. The lowest BCUT2D eigenvalue weighted by atomic mass is 9.79. The molecule has 2 amide bonds. The van der Waals surface area contributed by atoms with Crippen molar-refractivity contribution in [1.29, 1.82) is 0 Å². The van der Waals surface area contributed by atoms with E-state index in [2.05, 4.69) is 142 Å². The van der Waals surface area contributed by atoms with Crippen molar-refractivity contribution >= 4 is 46.7 Å². The third-order valence-corrected chi connectivity index (χ3v) is 16.1. The fourth-order valence-corrected chi connectivity index (χ4v) is 11.6. The summed E-state index contributed by atoms with van der Waals surface area (Å²) in [6.45, 7) is 25.7. The summed E-state index contributed by atoms with van der Waals surface area (Å²) in [6.07, 6.45) is 2.08. The standard InChI is InChI=1S/C63H74N2O6S2/c1-60(2,3)46-28-38-24-42-32-48(62(7,8)9)34-44-26-40-30-47(61(4,5)6)31-41(57(40)69)27-45-35-49(63(10,11)12)33-43(25-39(29-46)56(38)68)59(45)71-37-55(67)65-51-19-14-16-21-53(51)73-23-17-22-72-52-20-15-13-18-50(52)64-54(66)36-70-58(42)44/h13-16,18-21,28-35,68-69H,17,22-27,36-37H2,1-12H3,(H,64,66)(H,65,67). The zero-order valence-electron chi connectivity index (χ0n) is 44.9. The van der Waals surface area contributed by atoms with Crippen molar-refractivity contribution in [2.24, 2.45) is 0 Å². The molecule has 0 atom stereocenters. The Morgan fingerprint density at radius 3 is 0.986 bits per heavy atom. The number of ether oxygens (including phenoxy) is 2. The van der Waals surface area contributed by atoms with Crippen molar-refractivity contribution < 1.29 is 29.3 Å². The number of amides is 2. The second-order valence-corrected chi connectivity index (χ2v) is 26.2. The maximum Gasteiger partial charge on any atom is 0.262 e. The van der Waals surface area contributed by atoms with Gasteiger partial charge in [0.05, 0.1) is 11.4 Å². The molecule has 0 spiro atoms. The van der Waals surface area contributed by atoms with E-state index in [1.54, 1.807) is 23.5 Å². The largest absolute Gasteiger partial charge is 0.507 e. The van der Waals surface area contributed by atoms with Crippen LogP contribution in [0.1, 0.15) is 156 Å². The number of thioether (sulfide) groups is 2. The van der Waals surface area contributed by atoms with Crippen LogP contribution in [-0.4, -0.2) is 46.7 Å².